The van der Waals surface area contributed by atoms with Gasteiger partial charge < -0.3 is 9.47 Å². The number of esters is 1. The summed E-state index contributed by atoms with van der Waals surface area (Å²) >= 11 is 0. The lowest BCUT2D eigenvalue weighted by atomic mass is 9.51. The van der Waals surface area contributed by atoms with Gasteiger partial charge in [-0.15, -0.1) is 5.10 Å². The fraction of sp³-hybridized carbons (Fsp3) is 0.647. The summed E-state index contributed by atoms with van der Waals surface area (Å²) in [5.41, 5.74) is 0.593. The normalized spacial score (nSPS) is 31.6. The molecule has 1 N–H and O–H groups in total. The molecule has 2 saturated carbocycles. The van der Waals surface area contributed by atoms with E-state index < -0.39 is 5.41 Å². The van der Waals surface area contributed by atoms with Crippen LogP contribution in [0.5, 0.6) is 0 Å². The number of H-pyrrole nitrogens is 1. The minimum Gasteiger partial charge on any atom is -0.465 e. The van der Waals surface area contributed by atoms with E-state index in [4.69, 9.17) is 9.47 Å². The molecule has 0 atom stereocenters. The number of rotatable bonds is 5. The van der Waals surface area contributed by atoms with Crippen LogP contribution < -0.4 is 0 Å². The number of nitrogens with one attached hydrogen (secondary N) is 1. The van der Waals surface area contributed by atoms with Gasteiger partial charge in [0.15, 0.2) is 0 Å². The molecule has 8 nitrogen and oxygen atoms in total. The summed E-state index contributed by atoms with van der Waals surface area (Å²) < 4.78 is 13.7. The van der Waals surface area contributed by atoms with Crippen LogP contribution in [0.25, 0.3) is 11.3 Å². The summed E-state index contributed by atoms with van der Waals surface area (Å²) in [5, 5.41) is 15.2. The van der Waals surface area contributed by atoms with Gasteiger partial charge in [0.25, 0.3) is 0 Å². The number of ether oxygens (including phenoxy) is 2. The summed E-state index contributed by atoms with van der Waals surface area (Å²) in [6.07, 6.45) is 9.87. The number of aromatic amines is 1. The van der Waals surface area contributed by atoms with Crippen molar-refractivity contribution in [2.75, 3.05) is 6.61 Å². The number of hydrogen-bond acceptors (Lipinski definition) is 6. The van der Waals surface area contributed by atoms with Crippen molar-refractivity contribution in [2.45, 2.75) is 56.8 Å². The van der Waals surface area contributed by atoms with Crippen molar-refractivity contribution in [2.24, 2.45) is 5.41 Å². The minimum atomic E-state index is -0.449. The average Bonchev–Trinajstić information content (AvgIpc) is 3.26. The first-order valence-corrected chi connectivity index (χ1v) is 8.87. The highest BCUT2D eigenvalue weighted by Gasteiger charge is 2.80. The predicted octanol–water partition coefficient (Wildman–Crippen LogP) is 1.70. The van der Waals surface area contributed by atoms with Crippen LogP contribution >= 0.6 is 0 Å². The largest absolute Gasteiger partial charge is 0.465 e. The third-order valence-electron chi connectivity index (χ3n) is 6.14. The molecular weight excluding hydrogens is 322 g/mol. The Morgan fingerprint density at radius 3 is 2.92 bits per heavy atom. The van der Waals surface area contributed by atoms with Crippen LogP contribution in [0.2, 0.25) is 0 Å². The molecule has 2 aliphatic heterocycles. The van der Waals surface area contributed by atoms with Crippen LogP contribution in [0.1, 0.15) is 39.0 Å². The number of hydrogen-bond donors (Lipinski definition) is 1. The Morgan fingerprint density at radius 2 is 2.28 bits per heavy atom. The van der Waals surface area contributed by atoms with E-state index in [1.807, 2.05) is 17.8 Å². The maximum absolute atomic E-state index is 12.6. The van der Waals surface area contributed by atoms with Crippen molar-refractivity contribution >= 4 is 5.97 Å². The lowest BCUT2D eigenvalue weighted by Crippen LogP contribution is -2.58. The molecule has 2 aromatic rings. The Morgan fingerprint density at radius 1 is 1.44 bits per heavy atom. The van der Waals surface area contributed by atoms with E-state index in [1.54, 1.807) is 12.4 Å². The van der Waals surface area contributed by atoms with E-state index in [9.17, 15) is 4.79 Å². The van der Waals surface area contributed by atoms with Crippen molar-refractivity contribution in [3.63, 3.8) is 0 Å². The second-order valence-electron chi connectivity index (χ2n) is 7.58. The van der Waals surface area contributed by atoms with Gasteiger partial charge in [-0.3, -0.25) is 9.89 Å². The van der Waals surface area contributed by atoms with Crippen molar-refractivity contribution in [3.05, 3.63) is 18.6 Å². The Hall–Kier alpha value is -2.22. The molecule has 2 aliphatic carbocycles. The van der Waals surface area contributed by atoms with E-state index in [2.05, 4.69) is 20.5 Å². The summed E-state index contributed by atoms with van der Waals surface area (Å²) in [5.74, 6) is -0.0829. The summed E-state index contributed by atoms with van der Waals surface area (Å²) in [6, 6.07) is 0. The summed E-state index contributed by atoms with van der Waals surface area (Å²) in [7, 11) is 0. The van der Waals surface area contributed by atoms with Gasteiger partial charge in [0, 0.05) is 11.8 Å². The van der Waals surface area contributed by atoms with E-state index in [0.29, 0.717) is 13.2 Å². The van der Waals surface area contributed by atoms with Gasteiger partial charge in [-0.1, -0.05) is 5.21 Å². The van der Waals surface area contributed by atoms with E-state index in [1.165, 1.54) is 0 Å². The number of nitrogens with zero attached hydrogens (tertiary/aromatic N) is 4. The number of carbonyl (C=O) groups is 1. The molecule has 0 aromatic carbocycles. The summed E-state index contributed by atoms with van der Waals surface area (Å²) in [6.45, 7) is 2.89. The topological polar surface area (TPSA) is 94.9 Å². The Labute approximate surface area is 144 Å². The second-order valence-corrected chi connectivity index (χ2v) is 7.58. The van der Waals surface area contributed by atoms with E-state index >= 15 is 0 Å². The van der Waals surface area contributed by atoms with Crippen LogP contribution in [0, 0.1) is 5.41 Å². The first kappa shape index (κ1) is 15.1. The van der Waals surface area contributed by atoms with Crippen molar-refractivity contribution < 1.29 is 14.3 Å². The second kappa shape index (κ2) is 4.91. The quantitative estimate of drug-likeness (QED) is 0.831. The van der Waals surface area contributed by atoms with Gasteiger partial charge in [0.1, 0.15) is 11.1 Å². The lowest BCUT2D eigenvalue weighted by Gasteiger charge is -2.49. The molecule has 4 fully saturated rings. The van der Waals surface area contributed by atoms with Gasteiger partial charge >= 0.3 is 5.97 Å². The number of carbonyl (C=O) groups excluding carboxylic acids is 1. The van der Waals surface area contributed by atoms with Crippen LogP contribution in [-0.4, -0.2) is 49.0 Å². The molecule has 4 heterocycles. The predicted molar refractivity (Wildman–Crippen MR) is 86.3 cm³/mol. The maximum atomic E-state index is 12.6. The molecule has 0 amide bonds. The van der Waals surface area contributed by atoms with Crippen LogP contribution in [-0.2, 0) is 20.8 Å². The zero-order valence-electron chi connectivity index (χ0n) is 14.2. The third kappa shape index (κ3) is 1.91. The Kier molecular flexibility index (Phi) is 2.96. The van der Waals surface area contributed by atoms with Crippen molar-refractivity contribution in [3.8, 4) is 11.3 Å². The molecule has 0 radical (unpaired) electrons. The van der Waals surface area contributed by atoms with Gasteiger partial charge in [0.05, 0.1) is 36.7 Å². The first-order valence-electron chi connectivity index (χ1n) is 8.87. The molecule has 8 heteroatoms. The van der Waals surface area contributed by atoms with E-state index in [-0.39, 0.29) is 17.2 Å². The summed E-state index contributed by atoms with van der Waals surface area (Å²) in [4.78, 5) is 12.6. The van der Waals surface area contributed by atoms with Gasteiger partial charge in [-0.05, 0) is 39.0 Å². The Balaban J connectivity index is 1.37. The van der Waals surface area contributed by atoms with Crippen molar-refractivity contribution in [1.82, 2.24) is 25.2 Å². The van der Waals surface area contributed by atoms with Crippen molar-refractivity contribution in [1.29, 1.82) is 0 Å². The molecule has 0 unspecified atom stereocenters. The zero-order valence-corrected chi connectivity index (χ0v) is 14.2. The lowest BCUT2D eigenvalue weighted by molar-refractivity contribution is -0.170. The zero-order chi connectivity index (χ0) is 17.1. The Bertz CT molecular complexity index is 802. The fourth-order valence-electron chi connectivity index (χ4n) is 4.97. The van der Waals surface area contributed by atoms with Crippen LogP contribution in [0.3, 0.4) is 0 Å². The molecular formula is C17H21N5O3. The van der Waals surface area contributed by atoms with Gasteiger partial charge in [-0.2, -0.15) is 5.10 Å². The van der Waals surface area contributed by atoms with E-state index in [0.717, 1.165) is 43.4 Å². The minimum absolute atomic E-state index is 0.0829. The fourth-order valence-corrected chi connectivity index (χ4v) is 4.97. The average molecular weight is 343 g/mol. The van der Waals surface area contributed by atoms with Gasteiger partial charge in [-0.25, -0.2) is 4.68 Å². The standard InChI is InChI=1S/C17H21N5O3/c1-2-24-14(23)16-9-15(10-16,25-17(16)4-3-5-17)11-22-8-13(20-21-22)12-6-18-19-7-12/h6-8H,2-5,9-11H2,1H3,(H,18,19). The highest BCUT2D eigenvalue weighted by molar-refractivity contribution is 5.82. The molecule has 1 spiro atoms. The highest BCUT2D eigenvalue weighted by atomic mass is 16.6. The highest BCUT2D eigenvalue weighted by Crippen LogP contribution is 2.72. The first-order chi connectivity index (χ1) is 12.1. The molecule has 25 heavy (non-hydrogen) atoms. The monoisotopic (exact) mass is 343 g/mol. The van der Waals surface area contributed by atoms with Crippen LogP contribution in [0.15, 0.2) is 18.6 Å². The van der Waals surface area contributed by atoms with Crippen LogP contribution in [0.4, 0.5) is 0 Å². The smallest absolute Gasteiger partial charge is 0.315 e. The molecule has 6 rings (SSSR count). The maximum Gasteiger partial charge on any atom is 0.315 e. The molecule has 2 saturated heterocycles. The third-order valence-corrected chi connectivity index (χ3v) is 6.14. The molecule has 4 aliphatic rings. The molecule has 2 bridgehead atoms. The number of aromatic nitrogens is 5. The molecule has 132 valence electrons. The van der Waals surface area contributed by atoms with Gasteiger partial charge in [0.2, 0.25) is 0 Å². The SMILES string of the molecule is CCOC(=O)C12CC(Cn3cc(-c4cn[nH]c4)nn3)(C1)OC21CCC1. The molecule has 2 aromatic heterocycles.